The van der Waals surface area contributed by atoms with Crippen LogP contribution >= 0.6 is 0 Å². The Labute approximate surface area is 196 Å². The summed E-state index contributed by atoms with van der Waals surface area (Å²) in [6.07, 6.45) is 4.59. The fourth-order valence-electron chi connectivity index (χ4n) is 4.67. The molecule has 4 aromatic heterocycles. The van der Waals surface area contributed by atoms with Crippen LogP contribution in [0.4, 0.5) is 8.78 Å². The summed E-state index contributed by atoms with van der Waals surface area (Å²) in [6.45, 7) is 0. The van der Waals surface area contributed by atoms with Gasteiger partial charge in [-0.05, 0) is 59.9 Å². The van der Waals surface area contributed by atoms with Crippen LogP contribution in [0.15, 0.2) is 60.9 Å². The van der Waals surface area contributed by atoms with Gasteiger partial charge < -0.3 is 5.41 Å². The highest BCUT2D eigenvalue weighted by Crippen LogP contribution is 2.38. The first-order valence-corrected chi connectivity index (χ1v) is 11.2. The van der Waals surface area contributed by atoms with Gasteiger partial charge >= 0.3 is 5.92 Å². The molecule has 1 aliphatic carbocycles. The third-order valence-electron chi connectivity index (χ3n) is 6.70. The van der Waals surface area contributed by atoms with Crippen molar-refractivity contribution in [2.45, 2.75) is 24.7 Å². The van der Waals surface area contributed by atoms with Crippen molar-refractivity contribution in [3.05, 3.63) is 83.7 Å². The molecule has 1 fully saturated rings. The second kappa shape index (κ2) is 6.84. The average molecular weight is 469 g/mol. The number of imidazole rings is 1. The molecule has 0 spiro atoms. The fraction of sp³-hybridized carbons (Fsp3) is 0.200. The highest BCUT2D eigenvalue weighted by molar-refractivity contribution is 6.17. The van der Waals surface area contributed by atoms with Crippen LogP contribution in [0.5, 0.6) is 0 Å². The van der Waals surface area contributed by atoms with E-state index in [-0.39, 0.29) is 23.1 Å². The molecule has 2 aliphatic rings. The zero-order chi connectivity index (χ0) is 23.9. The summed E-state index contributed by atoms with van der Waals surface area (Å²) in [5.74, 6) is -5.20. The van der Waals surface area contributed by atoms with Crippen molar-refractivity contribution >= 4 is 22.8 Å². The number of benzene rings is 1. The quantitative estimate of drug-likeness (QED) is 0.421. The molecule has 1 aliphatic heterocycles. The van der Waals surface area contributed by atoms with E-state index in [1.54, 1.807) is 36.5 Å². The number of alkyl halides is 2. The SMILES string of the molecule is N=C1c2cccc(c2)-c2ccc3nnc(n3c2)C(F)(F)c2ccc3nc(cn3n2)C1C(=O)C1CC1. The Morgan fingerprint density at radius 3 is 2.60 bits per heavy atom. The van der Waals surface area contributed by atoms with Crippen LogP contribution in [-0.4, -0.2) is 40.7 Å². The molecule has 7 bridgehead atoms. The topological polar surface area (TPSA) is 101 Å². The number of nitrogens with zero attached hydrogens (tertiary/aromatic N) is 6. The maximum absolute atomic E-state index is 15.7. The van der Waals surface area contributed by atoms with Gasteiger partial charge in [-0.3, -0.25) is 9.20 Å². The molecule has 1 unspecified atom stereocenters. The number of rotatable bonds is 2. The summed E-state index contributed by atoms with van der Waals surface area (Å²) in [5, 5.41) is 20.8. The first-order chi connectivity index (χ1) is 16.9. The van der Waals surface area contributed by atoms with Gasteiger partial charge in [-0.25, -0.2) is 9.50 Å². The van der Waals surface area contributed by atoms with Gasteiger partial charge in [0.2, 0.25) is 5.82 Å². The lowest BCUT2D eigenvalue weighted by Crippen LogP contribution is -2.24. The number of ketones is 1. The molecular formula is C25H17F2N7O. The summed E-state index contributed by atoms with van der Waals surface area (Å²) in [7, 11) is 0. The van der Waals surface area contributed by atoms with E-state index in [9.17, 15) is 4.79 Å². The molecule has 0 amide bonds. The molecule has 0 radical (unpaired) electrons. The van der Waals surface area contributed by atoms with Crippen molar-refractivity contribution in [1.29, 1.82) is 5.41 Å². The van der Waals surface area contributed by atoms with E-state index >= 15 is 8.78 Å². The molecule has 1 N–H and O–H groups in total. The minimum atomic E-state index is -3.55. The standard InChI is InChI=1S/C25H17F2N7O/c26-25(27)18-7-9-19-29-17(12-34(19)32-18)21(23(35)13-4-5-13)22(28)15-3-1-2-14(10-15)16-6-8-20-30-31-24(25)33(20)11-16/h1-3,6-13,21,28H,4-5H2. The van der Waals surface area contributed by atoms with E-state index in [0.717, 1.165) is 18.4 Å². The maximum atomic E-state index is 15.7. The Morgan fingerprint density at radius 2 is 1.77 bits per heavy atom. The fourth-order valence-corrected chi connectivity index (χ4v) is 4.67. The second-order valence-electron chi connectivity index (χ2n) is 9.04. The van der Waals surface area contributed by atoms with Crippen molar-refractivity contribution in [3.63, 3.8) is 0 Å². The van der Waals surface area contributed by atoms with Crippen molar-refractivity contribution in [2.75, 3.05) is 0 Å². The summed E-state index contributed by atoms with van der Waals surface area (Å²) in [4.78, 5) is 17.8. The predicted octanol–water partition coefficient (Wildman–Crippen LogP) is 4.02. The molecule has 172 valence electrons. The molecule has 5 aromatic rings. The van der Waals surface area contributed by atoms with Gasteiger partial charge in [0, 0.05) is 12.1 Å². The lowest BCUT2D eigenvalue weighted by Gasteiger charge is -2.16. The molecule has 1 saturated carbocycles. The molecule has 10 heteroatoms. The summed E-state index contributed by atoms with van der Waals surface area (Å²) < 4.78 is 33.9. The van der Waals surface area contributed by atoms with Gasteiger partial charge in [0.1, 0.15) is 11.6 Å². The number of aromatic nitrogens is 6. The molecule has 1 atom stereocenters. The number of hydrogen-bond acceptors (Lipinski definition) is 6. The molecule has 5 heterocycles. The minimum absolute atomic E-state index is 0.0775. The van der Waals surface area contributed by atoms with Gasteiger partial charge in [0.15, 0.2) is 17.1 Å². The van der Waals surface area contributed by atoms with Gasteiger partial charge in [-0.15, -0.1) is 10.2 Å². The number of carbonyl (C=O) groups excluding carboxylic acids is 1. The van der Waals surface area contributed by atoms with E-state index in [1.165, 1.54) is 27.2 Å². The Kier molecular flexibility index (Phi) is 3.92. The number of nitrogens with one attached hydrogen (secondary N) is 1. The number of pyridine rings is 1. The van der Waals surface area contributed by atoms with E-state index in [0.29, 0.717) is 22.5 Å². The third kappa shape index (κ3) is 2.95. The zero-order valence-electron chi connectivity index (χ0n) is 18.2. The van der Waals surface area contributed by atoms with E-state index in [1.807, 2.05) is 6.07 Å². The van der Waals surface area contributed by atoms with Gasteiger partial charge in [0.25, 0.3) is 0 Å². The van der Waals surface area contributed by atoms with Crippen LogP contribution in [0, 0.1) is 11.3 Å². The Balaban J connectivity index is 1.54. The molecule has 8 nitrogen and oxygen atoms in total. The Morgan fingerprint density at radius 1 is 0.971 bits per heavy atom. The van der Waals surface area contributed by atoms with Gasteiger partial charge in [-0.2, -0.15) is 13.9 Å². The van der Waals surface area contributed by atoms with E-state index < -0.39 is 23.4 Å². The normalized spacial score (nSPS) is 18.9. The van der Waals surface area contributed by atoms with Crippen LogP contribution in [0.1, 0.15) is 41.5 Å². The number of hydrogen-bond donors (Lipinski definition) is 1. The number of Topliss-reactive ketones (excluding diaryl/α,β-unsaturated/α-hetero) is 1. The van der Waals surface area contributed by atoms with Crippen LogP contribution in [0.2, 0.25) is 0 Å². The van der Waals surface area contributed by atoms with Crippen molar-refractivity contribution in [1.82, 2.24) is 29.2 Å². The molecular weight excluding hydrogens is 452 g/mol. The minimum Gasteiger partial charge on any atom is -0.304 e. The van der Waals surface area contributed by atoms with E-state index in [2.05, 4.69) is 20.3 Å². The lowest BCUT2D eigenvalue weighted by atomic mass is 9.87. The van der Waals surface area contributed by atoms with Gasteiger partial charge in [0.05, 0.1) is 17.6 Å². The smallest absolute Gasteiger partial charge is 0.304 e. The maximum Gasteiger partial charge on any atom is 0.350 e. The zero-order valence-corrected chi connectivity index (χ0v) is 18.2. The monoisotopic (exact) mass is 469 g/mol. The van der Waals surface area contributed by atoms with Crippen LogP contribution in [0.3, 0.4) is 0 Å². The Hall–Kier alpha value is -4.34. The third-order valence-corrected chi connectivity index (χ3v) is 6.70. The van der Waals surface area contributed by atoms with Crippen molar-refractivity contribution < 1.29 is 13.6 Å². The predicted molar refractivity (Wildman–Crippen MR) is 122 cm³/mol. The summed E-state index contributed by atoms with van der Waals surface area (Å²) in [6, 6.07) is 13.2. The number of carbonyl (C=O) groups is 1. The highest BCUT2D eigenvalue weighted by Gasteiger charge is 2.42. The van der Waals surface area contributed by atoms with E-state index in [4.69, 9.17) is 5.41 Å². The highest BCUT2D eigenvalue weighted by atomic mass is 19.3. The summed E-state index contributed by atoms with van der Waals surface area (Å²) >= 11 is 0. The largest absolute Gasteiger partial charge is 0.350 e. The molecule has 0 saturated heterocycles. The molecule has 1 aromatic carbocycles. The molecule has 7 rings (SSSR count). The Bertz CT molecular complexity index is 1700. The number of fused-ring (bicyclic) bond motifs is 6. The average Bonchev–Trinajstić information content (AvgIpc) is 3.49. The van der Waals surface area contributed by atoms with Crippen LogP contribution in [-0.2, 0) is 10.7 Å². The lowest BCUT2D eigenvalue weighted by molar-refractivity contribution is -0.120. The number of halogens is 2. The van der Waals surface area contributed by atoms with Crippen LogP contribution in [0.25, 0.3) is 22.4 Å². The van der Waals surface area contributed by atoms with Crippen LogP contribution < -0.4 is 0 Å². The molecule has 35 heavy (non-hydrogen) atoms. The van der Waals surface area contributed by atoms with Gasteiger partial charge in [-0.1, -0.05) is 18.2 Å². The first-order valence-electron chi connectivity index (χ1n) is 11.2. The van der Waals surface area contributed by atoms with Crippen molar-refractivity contribution in [2.24, 2.45) is 5.92 Å². The first kappa shape index (κ1) is 20.1. The second-order valence-corrected chi connectivity index (χ2v) is 9.04. The van der Waals surface area contributed by atoms with Crippen molar-refractivity contribution in [3.8, 4) is 11.1 Å². The summed E-state index contributed by atoms with van der Waals surface area (Å²) in [5.41, 5.74) is 2.45.